The molecular formula is C17H24BrClN2O. The Morgan fingerprint density at radius 2 is 1.86 bits per heavy atom. The van der Waals surface area contributed by atoms with Crippen molar-refractivity contribution in [2.75, 3.05) is 13.1 Å². The van der Waals surface area contributed by atoms with Gasteiger partial charge in [0.25, 0.3) is 0 Å². The van der Waals surface area contributed by atoms with Crippen molar-refractivity contribution in [2.24, 2.45) is 11.3 Å². The third kappa shape index (κ3) is 3.50. The number of nitrogens with one attached hydrogen (secondary N) is 2. The minimum atomic E-state index is -0.325. The van der Waals surface area contributed by atoms with Gasteiger partial charge in [0.1, 0.15) is 0 Å². The van der Waals surface area contributed by atoms with Crippen LogP contribution in [0.15, 0.2) is 28.7 Å². The molecule has 1 unspecified atom stereocenters. The van der Waals surface area contributed by atoms with Crippen LogP contribution >= 0.6 is 28.3 Å². The molecule has 5 heteroatoms. The summed E-state index contributed by atoms with van der Waals surface area (Å²) in [5.74, 6) is 0.444. The molecule has 1 saturated heterocycles. The second-order valence-corrected chi connectivity index (χ2v) is 7.91. The number of benzene rings is 1. The molecule has 0 radical (unpaired) electrons. The Hall–Kier alpha value is -0.580. The van der Waals surface area contributed by atoms with E-state index in [-0.39, 0.29) is 29.8 Å². The van der Waals surface area contributed by atoms with Crippen LogP contribution in [-0.4, -0.2) is 19.0 Å². The molecule has 0 bridgehead atoms. The maximum absolute atomic E-state index is 12.6. The van der Waals surface area contributed by atoms with Crippen molar-refractivity contribution >= 4 is 34.2 Å². The zero-order valence-electron chi connectivity index (χ0n) is 13.1. The quantitative estimate of drug-likeness (QED) is 0.832. The van der Waals surface area contributed by atoms with Crippen molar-refractivity contribution in [3.05, 3.63) is 34.3 Å². The zero-order valence-corrected chi connectivity index (χ0v) is 15.5. The fourth-order valence-electron chi connectivity index (χ4n) is 3.53. The largest absolute Gasteiger partial charge is 0.347 e. The fourth-order valence-corrected chi connectivity index (χ4v) is 3.79. The second-order valence-electron chi connectivity index (χ2n) is 6.99. The summed E-state index contributed by atoms with van der Waals surface area (Å²) in [6.07, 6.45) is 3.35. The van der Waals surface area contributed by atoms with Gasteiger partial charge in [-0.05, 0) is 69.3 Å². The van der Waals surface area contributed by atoms with Gasteiger partial charge in [-0.2, -0.15) is 0 Å². The Balaban J connectivity index is 0.00000176. The molecule has 1 spiro atoms. The summed E-state index contributed by atoms with van der Waals surface area (Å²) in [5, 5.41) is 6.63. The average molecular weight is 388 g/mol. The Morgan fingerprint density at radius 1 is 1.27 bits per heavy atom. The molecular weight excluding hydrogens is 364 g/mol. The van der Waals surface area contributed by atoms with Crippen molar-refractivity contribution in [1.29, 1.82) is 0 Å². The lowest BCUT2D eigenvalue weighted by molar-refractivity contribution is -0.125. The van der Waals surface area contributed by atoms with Crippen molar-refractivity contribution < 1.29 is 4.79 Å². The lowest BCUT2D eigenvalue weighted by Gasteiger charge is -2.29. The molecule has 1 aliphatic heterocycles. The molecule has 22 heavy (non-hydrogen) atoms. The number of piperidine rings is 1. The lowest BCUT2D eigenvalue weighted by Crippen LogP contribution is -2.43. The SMILES string of the molecule is CC(C)(NC(=O)C1CC12CCNCC2)c1ccc(Br)cc1.Cl. The molecule has 1 aliphatic carbocycles. The van der Waals surface area contributed by atoms with Crippen LogP contribution < -0.4 is 10.6 Å². The first-order chi connectivity index (χ1) is 9.93. The minimum absolute atomic E-state index is 0. The first kappa shape index (κ1) is 17.8. The number of carbonyl (C=O) groups is 1. The van der Waals surface area contributed by atoms with E-state index in [1.807, 2.05) is 12.1 Å². The third-order valence-corrected chi connectivity index (χ3v) is 5.64. The Labute approximate surface area is 147 Å². The first-order valence-corrected chi connectivity index (χ1v) is 8.51. The van der Waals surface area contributed by atoms with Gasteiger partial charge in [-0.15, -0.1) is 12.4 Å². The highest BCUT2D eigenvalue weighted by Crippen LogP contribution is 2.58. The smallest absolute Gasteiger partial charge is 0.224 e. The van der Waals surface area contributed by atoms with Gasteiger partial charge in [-0.3, -0.25) is 4.79 Å². The van der Waals surface area contributed by atoms with E-state index in [0.717, 1.165) is 42.4 Å². The van der Waals surface area contributed by atoms with Crippen molar-refractivity contribution in [3.63, 3.8) is 0 Å². The highest BCUT2D eigenvalue weighted by Gasteiger charge is 2.58. The highest BCUT2D eigenvalue weighted by atomic mass is 79.9. The highest BCUT2D eigenvalue weighted by molar-refractivity contribution is 9.10. The number of hydrogen-bond acceptors (Lipinski definition) is 2. The van der Waals surface area contributed by atoms with Crippen LogP contribution in [0.5, 0.6) is 0 Å². The van der Waals surface area contributed by atoms with E-state index >= 15 is 0 Å². The number of halogens is 2. The lowest BCUT2D eigenvalue weighted by atomic mass is 9.90. The van der Waals surface area contributed by atoms with Crippen molar-refractivity contribution in [1.82, 2.24) is 10.6 Å². The van der Waals surface area contributed by atoms with E-state index in [9.17, 15) is 4.79 Å². The number of rotatable bonds is 3. The molecule has 3 rings (SSSR count). The van der Waals surface area contributed by atoms with Gasteiger partial charge in [0.05, 0.1) is 5.54 Å². The third-order valence-electron chi connectivity index (χ3n) is 5.11. The molecule has 2 fully saturated rings. The second kappa shape index (κ2) is 6.50. The Morgan fingerprint density at radius 3 is 2.45 bits per heavy atom. The maximum Gasteiger partial charge on any atom is 0.224 e. The van der Waals surface area contributed by atoms with E-state index in [1.54, 1.807) is 0 Å². The van der Waals surface area contributed by atoms with Crippen LogP contribution in [0.25, 0.3) is 0 Å². The van der Waals surface area contributed by atoms with Gasteiger partial charge in [0, 0.05) is 10.4 Å². The molecule has 3 nitrogen and oxygen atoms in total. The molecule has 1 saturated carbocycles. The summed E-state index contributed by atoms with van der Waals surface area (Å²) in [5.41, 5.74) is 1.11. The van der Waals surface area contributed by atoms with E-state index in [1.165, 1.54) is 0 Å². The van der Waals surface area contributed by atoms with Gasteiger partial charge in [0.2, 0.25) is 5.91 Å². The summed E-state index contributed by atoms with van der Waals surface area (Å²) in [7, 11) is 0. The van der Waals surface area contributed by atoms with Crippen LogP contribution in [0.3, 0.4) is 0 Å². The molecule has 122 valence electrons. The van der Waals surface area contributed by atoms with E-state index in [0.29, 0.717) is 5.41 Å². The average Bonchev–Trinajstić information content (AvgIpc) is 3.13. The summed E-state index contributed by atoms with van der Waals surface area (Å²) < 4.78 is 1.06. The molecule has 2 N–H and O–H groups in total. The fraction of sp³-hybridized carbons (Fsp3) is 0.588. The van der Waals surface area contributed by atoms with Crippen molar-refractivity contribution in [3.8, 4) is 0 Å². The predicted molar refractivity (Wildman–Crippen MR) is 95.2 cm³/mol. The van der Waals surface area contributed by atoms with Crippen LogP contribution in [0.1, 0.15) is 38.7 Å². The van der Waals surface area contributed by atoms with Crippen LogP contribution in [-0.2, 0) is 10.3 Å². The predicted octanol–water partition coefficient (Wildman–Crippen LogP) is 3.61. The van der Waals surface area contributed by atoms with E-state index in [2.05, 4.69) is 52.5 Å². The number of hydrogen-bond donors (Lipinski definition) is 2. The van der Waals surface area contributed by atoms with Gasteiger partial charge in [0.15, 0.2) is 0 Å². The standard InChI is InChI=1S/C17H23BrN2O.ClH/c1-16(2,12-3-5-13(18)6-4-12)20-15(21)14-11-17(14)7-9-19-10-8-17;/h3-6,14,19H,7-11H2,1-2H3,(H,20,21);1H. The van der Waals surface area contributed by atoms with Crippen LogP contribution in [0.2, 0.25) is 0 Å². The first-order valence-electron chi connectivity index (χ1n) is 7.72. The minimum Gasteiger partial charge on any atom is -0.347 e. The molecule has 2 aliphatic rings. The monoisotopic (exact) mass is 386 g/mol. The molecule has 1 aromatic carbocycles. The van der Waals surface area contributed by atoms with Crippen LogP contribution in [0.4, 0.5) is 0 Å². The number of carbonyl (C=O) groups excluding carboxylic acids is 1. The zero-order chi connectivity index (χ0) is 15.1. The number of amides is 1. The summed E-state index contributed by atoms with van der Waals surface area (Å²) in [6.45, 7) is 6.26. The molecule has 0 aromatic heterocycles. The Bertz CT molecular complexity index is 538. The summed E-state index contributed by atoms with van der Waals surface area (Å²) in [6, 6.07) is 8.18. The topological polar surface area (TPSA) is 41.1 Å². The van der Waals surface area contributed by atoms with E-state index < -0.39 is 0 Å². The van der Waals surface area contributed by atoms with Gasteiger partial charge in [-0.1, -0.05) is 28.1 Å². The molecule has 1 aromatic rings. The van der Waals surface area contributed by atoms with Crippen molar-refractivity contribution in [2.45, 2.75) is 38.6 Å². The molecule has 1 heterocycles. The summed E-state index contributed by atoms with van der Waals surface area (Å²) >= 11 is 3.45. The van der Waals surface area contributed by atoms with E-state index in [4.69, 9.17) is 0 Å². The van der Waals surface area contributed by atoms with Gasteiger partial charge in [-0.25, -0.2) is 0 Å². The van der Waals surface area contributed by atoms with Gasteiger partial charge >= 0.3 is 0 Å². The summed E-state index contributed by atoms with van der Waals surface area (Å²) in [4.78, 5) is 12.6. The molecule has 1 amide bonds. The normalized spacial score (nSPS) is 22.8. The van der Waals surface area contributed by atoms with Gasteiger partial charge < -0.3 is 10.6 Å². The molecule has 1 atom stereocenters. The maximum atomic E-state index is 12.6. The Kier molecular flexibility index (Phi) is 5.25. The van der Waals surface area contributed by atoms with Crippen LogP contribution in [0, 0.1) is 11.3 Å².